The first-order valence-corrected chi connectivity index (χ1v) is 10.3. The summed E-state index contributed by atoms with van der Waals surface area (Å²) in [6, 6.07) is 16.2. The van der Waals surface area contributed by atoms with Gasteiger partial charge in [0.05, 0.1) is 6.10 Å². The SMILES string of the molecule is O=C(NCC(O)CN1CCC(F)(F)CC1)OCC1c2ccccc2-c2ccccc21. The Morgan fingerprint density at radius 2 is 1.67 bits per heavy atom. The van der Waals surface area contributed by atoms with Gasteiger partial charge in [-0.3, -0.25) is 0 Å². The van der Waals surface area contributed by atoms with Crippen LogP contribution >= 0.6 is 0 Å². The molecule has 0 saturated carbocycles. The highest BCUT2D eigenvalue weighted by Crippen LogP contribution is 2.44. The molecule has 2 aliphatic rings. The van der Waals surface area contributed by atoms with Gasteiger partial charge in [0.2, 0.25) is 0 Å². The van der Waals surface area contributed by atoms with Gasteiger partial charge in [-0.1, -0.05) is 48.5 Å². The molecule has 1 unspecified atom stereocenters. The Morgan fingerprint density at radius 1 is 1.10 bits per heavy atom. The summed E-state index contributed by atoms with van der Waals surface area (Å²) in [6.07, 6.45) is -1.82. The number of hydrogen-bond acceptors (Lipinski definition) is 4. The van der Waals surface area contributed by atoms with E-state index in [4.69, 9.17) is 4.74 Å². The predicted molar refractivity (Wildman–Crippen MR) is 110 cm³/mol. The number of piperidine rings is 1. The Balaban J connectivity index is 1.25. The van der Waals surface area contributed by atoms with Crippen molar-refractivity contribution in [3.8, 4) is 11.1 Å². The summed E-state index contributed by atoms with van der Waals surface area (Å²) in [6.45, 7) is 0.963. The number of carbonyl (C=O) groups is 1. The number of carbonyl (C=O) groups excluding carboxylic acids is 1. The van der Waals surface area contributed by atoms with Gasteiger partial charge < -0.3 is 20.1 Å². The first-order valence-electron chi connectivity index (χ1n) is 10.3. The van der Waals surface area contributed by atoms with Gasteiger partial charge in [0.1, 0.15) is 6.61 Å². The molecular formula is C23H26F2N2O3. The lowest BCUT2D eigenvalue weighted by Crippen LogP contribution is -2.45. The van der Waals surface area contributed by atoms with Crippen molar-refractivity contribution < 1.29 is 23.4 Å². The molecule has 0 bridgehead atoms. The van der Waals surface area contributed by atoms with E-state index < -0.39 is 18.1 Å². The summed E-state index contributed by atoms with van der Waals surface area (Å²) in [5.74, 6) is -2.64. The Morgan fingerprint density at radius 3 is 2.27 bits per heavy atom. The summed E-state index contributed by atoms with van der Waals surface area (Å²) >= 11 is 0. The molecule has 5 nitrogen and oxygen atoms in total. The number of rotatable bonds is 6. The normalized spacial score (nSPS) is 19.0. The number of halogens is 2. The summed E-state index contributed by atoms with van der Waals surface area (Å²) in [7, 11) is 0. The van der Waals surface area contributed by atoms with Crippen LogP contribution in [0.4, 0.5) is 13.6 Å². The van der Waals surface area contributed by atoms with Crippen molar-refractivity contribution in [1.82, 2.24) is 10.2 Å². The number of ether oxygens (including phenoxy) is 1. The van der Waals surface area contributed by atoms with Crippen molar-refractivity contribution >= 4 is 6.09 Å². The van der Waals surface area contributed by atoms with Crippen LogP contribution in [0, 0.1) is 0 Å². The molecule has 1 fully saturated rings. The van der Waals surface area contributed by atoms with Crippen molar-refractivity contribution in [3.05, 3.63) is 59.7 Å². The van der Waals surface area contributed by atoms with Crippen LogP contribution in [0.5, 0.6) is 0 Å². The zero-order valence-electron chi connectivity index (χ0n) is 16.7. The molecule has 1 amide bonds. The number of β-amino-alcohol motifs (C(OH)–C–C–N with tert-alkyl or cyclic N) is 1. The molecule has 1 heterocycles. The molecule has 1 atom stereocenters. The van der Waals surface area contributed by atoms with Crippen molar-refractivity contribution in [2.24, 2.45) is 0 Å². The monoisotopic (exact) mass is 416 g/mol. The van der Waals surface area contributed by atoms with Crippen molar-refractivity contribution in [2.75, 3.05) is 32.8 Å². The minimum Gasteiger partial charge on any atom is -0.449 e. The number of hydrogen-bond donors (Lipinski definition) is 2. The zero-order chi connectivity index (χ0) is 21.1. The molecule has 0 radical (unpaired) electrons. The highest BCUT2D eigenvalue weighted by Gasteiger charge is 2.34. The van der Waals surface area contributed by atoms with E-state index in [1.54, 1.807) is 4.90 Å². The second kappa shape index (κ2) is 8.70. The molecule has 1 aliphatic carbocycles. The van der Waals surface area contributed by atoms with E-state index in [2.05, 4.69) is 17.4 Å². The Bertz CT molecular complexity index is 850. The molecule has 0 spiro atoms. The van der Waals surface area contributed by atoms with Crippen molar-refractivity contribution in [1.29, 1.82) is 0 Å². The van der Waals surface area contributed by atoms with Crippen LogP contribution in [-0.4, -0.2) is 60.9 Å². The number of nitrogens with zero attached hydrogens (tertiary/aromatic N) is 1. The van der Waals surface area contributed by atoms with Gasteiger partial charge in [-0.2, -0.15) is 0 Å². The van der Waals surface area contributed by atoms with Crippen LogP contribution in [0.3, 0.4) is 0 Å². The average Bonchev–Trinajstić information content (AvgIpc) is 3.06. The van der Waals surface area contributed by atoms with Gasteiger partial charge in [-0.05, 0) is 22.3 Å². The maximum atomic E-state index is 13.2. The van der Waals surface area contributed by atoms with E-state index >= 15 is 0 Å². The van der Waals surface area contributed by atoms with Crippen LogP contribution < -0.4 is 5.32 Å². The van der Waals surface area contributed by atoms with Gasteiger partial charge >= 0.3 is 6.09 Å². The topological polar surface area (TPSA) is 61.8 Å². The number of nitrogens with one attached hydrogen (secondary N) is 1. The first kappa shape index (κ1) is 20.8. The third kappa shape index (κ3) is 4.63. The molecule has 1 saturated heterocycles. The van der Waals surface area contributed by atoms with E-state index in [0.717, 1.165) is 22.3 Å². The van der Waals surface area contributed by atoms with Gasteiger partial charge in [-0.15, -0.1) is 0 Å². The number of benzene rings is 2. The number of alkyl halides is 2. The third-order valence-electron chi connectivity index (χ3n) is 5.88. The van der Waals surface area contributed by atoms with E-state index in [0.29, 0.717) is 0 Å². The highest BCUT2D eigenvalue weighted by atomic mass is 19.3. The maximum Gasteiger partial charge on any atom is 0.407 e. The Labute approximate surface area is 174 Å². The van der Waals surface area contributed by atoms with Crippen molar-refractivity contribution in [3.63, 3.8) is 0 Å². The minimum atomic E-state index is -2.61. The molecule has 4 rings (SSSR count). The number of amides is 1. The van der Waals surface area contributed by atoms with E-state index in [1.807, 2.05) is 36.4 Å². The smallest absolute Gasteiger partial charge is 0.407 e. The summed E-state index contributed by atoms with van der Waals surface area (Å²) in [5.41, 5.74) is 4.58. The number of likely N-dealkylation sites (tertiary alicyclic amines) is 1. The molecule has 0 aromatic heterocycles. The maximum absolute atomic E-state index is 13.2. The fourth-order valence-electron chi connectivity index (χ4n) is 4.28. The van der Waals surface area contributed by atoms with E-state index in [-0.39, 0.29) is 51.5 Å². The first-order chi connectivity index (χ1) is 14.4. The van der Waals surface area contributed by atoms with Crippen LogP contribution in [0.25, 0.3) is 11.1 Å². The lowest BCUT2D eigenvalue weighted by atomic mass is 9.98. The van der Waals surface area contributed by atoms with Crippen LogP contribution in [0.15, 0.2) is 48.5 Å². The fourth-order valence-corrected chi connectivity index (χ4v) is 4.28. The van der Waals surface area contributed by atoms with E-state index in [1.165, 1.54) is 0 Å². The quantitative estimate of drug-likeness (QED) is 0.755. The van der Waals surface area contributed by atoms with Gasteiger partial charge in [-0.25, -0.2) is 13.6 Å². The summed E-state index contributed by atoms with van der Waals surface area (Å²) in [5, 5.41) is 12.7. The average molecular weight is 416 g/mol. The number of fused-ring (bicyclic) bond motifs is 3. The lowest BCUT2D eigenvalue weighted by molar-refractivity contribution is -0.0608. The second-order valence-corrected chi connectivity index (χ2v) is 8.02. The lowest BCUT2D eigenvalue weighted by Gasteiger charge is -2.32. The molecule has 2 aromatic carbocycles. The molecule has 1 aliphatic heterocycles. The summed E-state index contributed by atoms with van der Waals surface area (Å²) < 4.78 is 31.8. The molecular weight excluding hydrogens is 390 g/mol. The largest absolute Gasteiger partial charge is 0.449 e. The molecule has 30 heavy (non-hydrogen) atoms. The van der Waals surface area contributed by atoms with Crippen LogP contribution in [0.1, 0.15) is 29.9 Å². The third-order valence-corrected chi connectivity index (χ3v) is 5.88. The number of aliphatic hydroxyl groups is 1. The predicted octanol–water partition coefficient (Wildman–Crippen LogP) is 3.62. The highest BCUT2D eigenvalue weighted by molar-refractivity contribution is 5.79. The molecule has 2 N–H and O–H groups in total. The number of aliphatic hydroxyl groups excluding tert-OH is 1. The molecule has 2 aromatic rings. The number of alkyl carbamates (subject to hydrolysis) is 1. The Kier molecular flexibility index (Phi) is 6.01. The summed E-state index contributed by atoms with van der Waals surface area (Å²) in [4.78, 5) is 13.9. The molecule has 160 valence electrons. The fraction of sp³-hybridized carbons (Fsp3) is 0.435. The van der Waals surface area contributed by atoms with Crippen LogP contribution in [0.2, 0.25) is 0 Å². The van der Waals surface area contributed by atoms with Gasteiger partial charge in [0, 0.05) is 44.9 Å². The molecule has 7 heteroatoms. The van der Waals surface area contributed by atoms with Gasteiger partial charge in [0.15, 0.2) is 0 Å². The minimum absolute atomic E-state index is 0.0174. The van der Waals surface area contributed by atoms with Crippen molar-refractivity contribution in [2.45, 2.75) is 30.8 Å². The standard InChI is InChI=1S/C23H26F2N2O3/c24-23(25)9-11-27(12-10-23)14-16(28)13-26-22(29)30-15-21-19-7-3-1-5-17(19)18-6-2-4-8-20(18)21/h1-8,16,21,28H,9-15H2,(H,26,29). The van der Waals surface area contributed by atoms with E-state index in [9.17, 15) is 18.7 Å². The zero-order valence-corrected chi connectivity index (χ0v) is 16.7. The Hall–Kier alpha value is -2.51. The van der Waals surface area contributed by atoms with Gasteiger partial charge in [0.25, 0.3) is 5.92 Å². The second-order valence-electron chi connectivity index (χ2n) is 8.02. The van der Waals surface area contributed by atoms with Crippen LogP contribution in [-0.2, 0) is 4.74 Å².